The van der Waals surface area contributed by atoms with E-state index >= 15 is 0 Å². The number of ether oxygens (including phenoxy) is 1. The average Bonchev–Trinajstić information content (AvgIpc) is 3.22. The van der Waals surface area contributed by atoms with Crippen LogP contribution in [0.3, 0.4) is 0 Å². The van der Waals surface area contributed by atoms with Gasteiger partial charge in [-0.15, -0.1) is 11.3 Å². The molecule has 2 heterocycles. The van der Waals surface area contributed by atoms with E-state index in [0.29, 0.717) is 6.54 Å². The minimum atomic E-state index is -0.736. The molecule has 1 atom stereocenters. The van der Waals surface area contributed by atoms with Crippen LogP contribution in [0.5, 0.6) is 0 Å². The number of carbonyl (C=O) groups excluding carboxylic acids is 2. The number of halogens is 2. The van der Waals surface area contributed by atoms with Crippen LogP contribution in [-0.4, -0.2) is 29.9 Å². The molecule has 0 saturated carbocycles. The van der Waals surface area contributed by atoms with E-state index in [1.807, 2.05) is 17.5 Å². The fourth-order valence-corrected chi connectivity index (χ4v) is 3.90. The highest BCUT2D eigenvalue weighted by Crippen LogP contribution is 2.34. The third-order valence-electron chi connectivity index (χ3n) is 3.92. The summed E-state index contributed by atoms with van der Waals surface area (Å²) in [6.45, 7) is 0.296. The van der Waals surface area contributed by atoms with Crippen molar-refractivity contribution in [1.29, 1.82) is 0 Å². The summed E-state index contributed by atoms with van der Waals surface area (Å²) < 4.78 is 18.1. The van der Waals surface area contributed by atoms with E-state index in [4.69, 9.17) is 16.3 Å². The SMILES string of the molecule is O=C(OCC(=O)N1CCCC1c1cccs1)c1ccc(F)cc1Cl. The number of benzene rings is 1. The van der Waals surface area contributed by atoms with Gasteiger partial charge in [-0.25, -0.2) is 9.18 Å². The summed E-state index contributed by atoms with van der Waals surface area (Å²) in [5.41, 5.74) is 0.0436. The second-order valence-corrected chi connectivity index (χ2v) is 6.85. The molecule has 1 aliphatic heterocycles. The van der Waals surface area contributed by atoms with Crippen molar-refractivity contribution in [2.75, 3.05) is 13.2 Å². The molecule has 0 N–H and O–H groups in total. The highest BCUT2D eigenvalue weighted by molar-refractivity contribution is 7.10. The van der Waals surface area contributed by atoms with Gasteiger partial charge in [0, 0.05) is 11.4 Å². The Balaban J connectivity index is 1.61. The molecule has 4 nitrogen and oxygen atoms in total. The van der Waals surface area contributed by atoms with Gasteiger partial charge < -0.3 is 9.64 Å². The molecule has 2 aromatic rings. The van der Waals surface area contributed by atoms with Crippen molar-refractivity contribution < 1.29 is 18.7 Å². The van der Waals surface area contributed by atoms with Crippen LogP contribution in [0, 0.1) is 5.82 Å². The summed E-state index contributed by atoms with van der Waals surface area (Å²) in [4.78, 5) is 27.3. The van der Waals surface area contributed by atoms with Gasteiger partial charge in [0.15, 0.2) is 6.61 Å². The lowest BCUT2D eigenvalue weighted by Crippen LogP contribution is -2.34. The number of esters is 1. The van der Waals surface area contributed by atoms with E-state index in [1.165, 1.54) is 6.07 Å². The van der Waals surface area contributed by atoms with Gasteiger partial charge in [-0.2, -0.15) is 0 Å². The first-order valence-electron chi connectivity index (χ1n) is 7.51. The lowest BCUT2D eigenvalue weighted by atomic mass is 10.2. The van der Waals surface area contributed by atoms with Crippen LogP contribution < -0.4 is 0 Å². The average molecular weight is 368 g/mol. The molecule has 1 aromatic carbocycles. The van der Waals surface area contributed by atoms with Gasteiger partial charge in [0.05, 0.1) is 16.6 Å². The molecule has 0 bridgehead atoms. The van der Waals surface area contributed by atoms with E-state index < -0.39 is 11.8 Å². The van der Waals surface area contributed by atoms with Crippen molar-refractivity contribution in [2.45, 2.75) is 18.9 Å². The van der Waals surface area contributed by atoms with Gasteiger partial charge in [0.25, 0.3) is 5.91 Å². The van der Waals surface area contributed by atoms with Crippen molar-refractivity contribution in [2.24, 2.45) is 0 Å². The highest BCUT2D eigenvalue weighted by Gasteiger charge is 2.31. The summed E-state index contributed by atoms with van der Waals surface area (Å²) in [5.74, 6) is -1.51. The molecule has 1 fully saturated rings. The Morgan fingerprint density at radius 1 is 1.38 bits per heavy atom. The fraction of sp³-hybridized carbons (Fsp3) is 0.294. The van der Waals surface area contributed by atoms with Crippen LogP contribution in [0.2, 0.25) is 5.02 Å². The fourth-order valence-electron chi connectivity index (χ4n) is 2.78. The maximum atomic E-state index is 13.0. The number of nitrogens with zero attached hydrogens (tertiary/aromatic N) is 1. The Labute approximate surface area is 147 Å². The summed E-state index contributed by atoms with van der Waals surface area (Å²) in [5, 5.41) is 1.94. The van der Waals surface area contributed by atoms with Gasteiger partial charge in [0.1, 0.15) is 5.82 Å². The summed E-state index contributed by atoms with van der Waals surface area (Å²) >= 11 is 7.43. The number of hydrogen-bond acceptors (Lipinski definition) is 4. The first-order chi connectivity index (χ1) is 11.6. The van der Waals surface area contributed by atoms with Crippen molar-refractivity contribution in [1.82, 2.24) is 4.90 Å². The number of carbonyl (C=O) groups is 2. The van der Waals surface area contributed by atoms with Crippen LogP contribution in [0.15, 0.2) is 35.7 Å². The van der Waals surface area contributed by atoms with Crippen LogP contribution in [0.1, 0.15) is 34.1 Å². The highest BCUT2D eigenvalue weighted by atomic mass is 35.5. The summed E-state index contributed by atoms with van der Waals surface area (Å²) in [6.07, 6.45) is 1.83. The monoisotopic (exact) mass is 367 g/mol. The predicted octanol–water partition coefficient (Wildman–Crippen LogP) is 4.06. The molecule has 7 heteroatoms. The van der Waals surface area contributed by atoms with E-state index in [0.717, 1.165) is 29.9 Å². The maximum absolute atomic E-state index is 13.0. The molecule has 24 heavy (non-hydrogen) atoms. The number of thiophene rings is 1. The molecule has 126 valence electrons. The normalized spacial score (nSPS) is 17.1. The molecule has 1 aliphatic rings. The molecular weight excluding hydrogens is 353 g/mol. The minimum Gasteiger partial charge on any atom is -0.452 e. The molecule has 0 spiro atoms. The van der Waals surface area contributed by atoms with Gasteiger partial charge in [-0.05, 0) is 42.5 Å². The Morgan fingerprint density at radius 3 is 2.92 bits per heavy atom. The molecule has 0 aliphatic carbocycles. The zero-order valence-electron chi connectivity index (χ0n) is 12.7. The largest absolute Gasteiger partial charge is 0.452 e. The first-order valence-corrected chi connectivity index (χ1v) is 8.77. The summed E-state index contributed by atoms with van der Waals surface area (Å²) in [6, 6.07) is 7.41. The Morgan fingerprint density at radius 2 is 2.21 bits per heavy atom. The van der Waals surface area contributed by atoms with Crippen LogP contribution >= 0.6 is 22.9 Å². The smallest absolute Gasteiger partial charge is 0.340 e. The molecule has 3 rings (SSSR count). The minimum absolute atomic E-state index is 0.0370. The van der Waals surface area contributed by atoms with Gasteiger partial charge >= 0.3 is 5.97 Å². The van der Waals surface area contributed by atoms with E-state index in [2.05, 4.69) is 0 Å². The Kier molecular flexibility index (Phi) is 5.16. The molecule has 1 aromatic heterocycles. The van der Waals surface area contributed by atoms with Gasteiger partial charge in [-0.1, -0.05) is 17.7 Å². The van der Waals surface area contributed by atoms with E-state index in [1.54, 1.807) is 16.2 Å². The van der Waals surface area contributed by atoms with E-state index in [9.17, 15) is 14.0 Å². The second-order valence-electron chi connectivity index (χ2n) is 5.46. The zero-order valence-corrected chi connectivity index (χ0v) is 14.3. The molecule has 0 radical (unpaired) electrons. The predicted molar refractivity (Wildman–Crippen MR) is 89.7 cm³/mol. The van der Waals surface area contributed by atoms with Crippen molar-refractivity contribution >= 4 is 34.8 Å². The zero-order chi connectivity index (χ0) is 17.1. The second kappa shape index (κ2) is 7.32. The maximum Gasteiger partial charge on any atom is 0.340 e. The van der Waals surface area contributed by atoms with Crippen molar-refractivity contribution in [3.63, 3.8) is 0 Å². The third kappa shape index (κ3) is 3.60. The number of likely N-dealkylation sites (tertiary alicyclic amines) is 1. The third-order valence-corrected chi connectivity index (χ3v) is 5.21. The first kappa shape index (κ1) is 16.9. The topological polar surface area (TPSA) is 46.6 Å². The number of amides is 1. The molecule has 1 saturated heterocycles. The molecular formula is C17H15ClFNO3S. The van der Waals surface area contributed by atoms with Gasteiger partial charge in [-0.3, -0.25) is 4.79 Å². The Bertz CT molecular complexity index is 750. The molecule has 1 amide bonds. The van der Waals surface area contributed by atoms with Crippen LogP contribution in [-0.2, 0) is 9.53 Å². The standard InChI is InChI=1S/C17H15ClFNO3S/c18-13-9-11(19)5-6-12(13)17(22)23-10-16(21)20-7-1-3-14(20)15-4-2-8-24-15/h2,4-6,8-9,14H,1,3,7,10H2. The lowest BCUT2D eigenvalue weighted by molar-refractivity contribution is -0.135. The Hall–Kier alpha value is -1.92. The van der Waals surface area contributed by atoms with Crippen LogP contribution in [0.25, 0.3) is 0 Å². The number of rotatable bonds is 4. The van der Waals surface area contributed by atoms with Crippen molar-refractivity contribution in [3.05, 3.63) is 57.0 Å². The van der Waals surface area contributed by atoms with Crippen LogP contribution in [0.4, 0.5) is 4.39 Å². The quantitative estimate of drug-likeness (QED) is 0.765. The lowest BCUT2D eigenvalue weighted by Gasteiger charge is -2.23. The molecule has 1 unspecified atom stereocenters. The number of hydrogen-bond donors (Lipinski definition) is 0. The van der Waals surface area contributed by atoms with E-state index in [-0.39, 0.29) is 29.1 Å². The van der Waals surface area contributed by atoms with Gasteiger partial charge in [0.2, 0.25) is 0 Å². The summed E-state index contributed by atoms with van der Waals surface area (Å²) in [7, 11) is 0. The van der Waals surface area contributed by atoms with Crippen molar-refractivity contribution in [3.8, 4) is 0 Å².